The second-order valence-corrected chi connectivity index (χ2v) is 6.12. The summed E-state index contributed by atoms with van der Waals surface area (Å²) >= 11 is 0. The molecule has 3 heteroatoms. The Morgan fingerprint density at radius 2 is 1.81 bits per heavy atom. The lowest BCUT2D eigenvalue weighted by Gasteiger charge is -2.19. The van der Waals surface area contributed by atoms with Gasteiger partial charge in [-0.05, 0) is 35.2 Å². The molecular weight excluding hydrogens is 260 g/mol. The molecule has 1 aromatic carbocycles. The molecular formula is C18H24N2O. The molecule has 2 rings (SSSR count). The molecule has 21 heavy (non-hydrogen) atoms. The number of nitrogens with zero attached hydrogens (tertiary/aromatic N) is 1. The molecule has 0 unspecified atom stereocenters. The summed E-state index contributed by atoms with van der Waals surface area (Å²) < 4.78 is 5.73. The van der Waals surface area contributed by atoms with Crippen molar-refractivity contribution in [3.63, 3.8) is 0 Å². The summed E-state index contributed by atoms with van der Waals surface area (Å²) in [5.74, 6) is 0.919. The van der Waals surface area contributed by atoms with Crippen molar-refractivity contribution in [1.82, 2.24) is 10.3 Å². The molecule has 0 atom stereocenters. The predicted octanol–water partition coefficient (Wildman–Crippen LogP) is 3.55. The Morgan fingerprint density at radius 1 is 1.05 bits per heavy atom. The lowest BCUT2D eigenvalue weighted by molar-refractivity contribution is 0.313. The van der Waals surface area contributed by atoms with Crippen LogP contribution in [0.4, 0.5) is 0 Å². The molecule has 0 saturated carbocycles. The van der Waals surface area contributed by atoms with E-state index in [0.29, 0.717) is 6.61 Å². The van der Waals surface area contributed by atoms with Crippen LogP contribution < -0.4 is 10.1 Å². The normalized spacial score (nSPS) is 11.4. The average Bonchev–Trinajstić information content (AvgIpc) is 2.47. The third-order valence-corrected chi connectivity index (χ3v) is 3.30. The summed E-state index contributed by atoms with van der Waals surface area (Å²) in [5, 5.41) is 3.32. The van der Waals surface area contributed by atoms with Crippen molar-refractivity contribution in [1.29, 1.82) is 0 Å². The maximum Gasteiger partial charge on any atom is 0.119 e. The first-order valence-electron chi connectivity index (χ1n) is 7.40. The highest BCUT2D eigenvalue weighted by atomic mass is 16.5. The number of aromatic nitrogens is 1. The fourth-order valence-electron chi connectivity index (χ4n) is 2.01. The van der Waals surface area contributed by atoms with Crippen molar-refractivity contribution in [2.45, 2.75) is 32.7 Å². The third-order valence-electron chi connectivity index (χ3n) is 3.30. The second-order valence-electron chi connectivity index (χ2n) is 6.12. The lowest BCUT2D eigenvalue weighted by Crippen LogP contribution is -2.21. The van der Waals surface area contributed by atoms with Gasteiger partial charge in [-0.1, -0.05) is 39.0 Å². The number of hydrogen-bond donors (Lipinski definition) is 1. The summed E-state index contributed by atoms with van der Waals surface area (Å²) in [6.07, 6.45) is 1.81. The van der Waals surface area contributed by atoms with Gasteiger partial charge >= 0.3 is 0 Å². The maximum absolute atomic E-state index is 5.73. The molecule has 2 aromatic rings. The van der Waals surface area contributed by atoms with Crippen LogP contribution in [-0.2, 0) is 12.0 Å². The quantitative estimate of drug-likeness (QED) is 0.824. The smallest absolute Gasteiger partial charge is 0.119 e. The van der Waals surface area contributed by atoms with Gasteiger partial charge in [0.1, 0.15) is 12.4 Å². The minimum absolute atomic E-state index is 0.183. The zero-order chi connectivity index (χ0) is 15.1. The van der Waals surface area contributed by atoms with E-state index in [1.165, 1.54) is 5.56 Å². The van der Waals surface area contributed by atoms with Crippen LogP contribution in [0.5, 0.6) is 5.75 Å². The molecule has 0 spiro atoms. The van der Waals surface area contributed by atoms with Crippen molar-refractivity contribution in [3.05, 3.63) is 59.9 Å². The Kier molecular flexibility index (Phi) is 5.34. The molecule has 0 bridgehead atoms. The van der Waals surface area contributed by atoms with Gasteiger partial charge in [0.2, 0.25) is 0 Å². The molecule has 1 aromatic heterocycles. The minimum atomic E-state index is 0.183. The van der Waals surface area contributed by atoms with Crippen LogP contribution in [0.15, 0.2) is 48.7 Å². The molecule has 112 valence electrons. The lowest BCUT2D eigenvalue weighted by atomic mass is 9.87. The van der Waals surface area contributed by atoms with Gasteiger partial charge in [0.05, 0.1) is 5.69 Å². The molecule has 0 aliphatic carbocycles. The van der Waals surface area contributed by atoms with Crippen LogP contribution >= 0.6 is 0 Å². The van der Waals surface area contributed by atoms with E-state index < -0.39 is 0 Å². The molecule has 3 nitrogen and oxygen atoms in total. The Morgan fingerprint density at radius 3 is 2.43 bits per heavy atom. The summed E-state index contributed by atoms with van der Waals surface area (Å²) in [4.78, 5) is 4.26. The van der Waals surface area contributed by atoms with E-state index >= 15 is 0 Å². The van der Waals surface area contributed by atoms with E-state index in [4.69, 9.17) is 4.74 Å². The van der Waals surface area contributed by atoms with Gasteiger partial charge in [-0.25, -0.2) is 0 Å². The van der Waals surface area contributed by atoms with E-state index in [1.54, 1.807) is 0 Å². The fraction of sp³-hybridized carbons (Fsp3) is 0.389. The van der Waals surface area contributed by atoms with E-state index in [0.717, 1.165) is 24.5 Å². The highest BCUT2D eigenvalue weighted by Gasteiger charge is 2.12. The van der Waals surface area contributed by atoms with Gasteiger partial charge in [-0.3, -0.25) is 4.98 Å². The van der Waals surface area contributed by atoms with Crippen LogP contribution in [0.3, 0.4) is 0 Å². The van der Waals surface area contributed by atoms with Crippen LogP contribution in [0.25, 0.3) is 0 Å². The van der Waals surface area contributed by atoms with E-state index in [-0.39, 0.29) is 5.41 Å². The Balaban J connectivity index is 1.69. The van der Waals surface area contributed by atoms with Crippen molar-refractivity contribution >= 4 is 0 Å². The van der Waals surface area contributed by atoms with Gasteiger partial charge in [-0.2, -0.15) is 0 Å². The van der Waals surface area contributed by atoms with Crippen molar-refractivity contribution in [2.75, 3.05) is 13.2 Å². The molecule has 0 radical (unpaired) electrons. The van der Waals surface area contributed by atoms with Crippen molar-refractivity contribution in [2.24, 2.45) is 0 Å². The first-order chi connectivity index (χ1) is 10.1. The Labute approximate surface area is 127 Å². The molecule has 1 heterocycles. The van der Waals surface area contributed by atoms with E-state index in [9.17, 15) is 0 Å². The molecule has 0 amide bonds. The SMILES string of the molecule is CC(C)(C)c1ccc(OCCNCc2ccccn2)cc1. The van der Waals surface area contributed by atoms with Gasteiger partial charge in [-0.15, -0.1) is 0 Å². The molecule has 1 N–H and O–H groups in total. The number of benzene rings is 1. The number of hydrogen-bond acceptors (Lipinski definition) is 3. The second kappa shape index (κ2) is 7.23. The first-order valence-corrected chi connectivity index (χ1v) is 7.40. The molecule has 0 aliphatic heterocycles. The van der Waals surface area contributed by atoms with Crippen molar-refractivity contribution < 1.29 is 4.74 Å². The fourth-order valence-corrected chi connectivity index (χ4v) is 2.01. The van der Waals surface area contributed by atoms with Gasteiger partial charge in [0.25, 0.3) is 0 Å². The number of nitrogens with one attached hydrogen (secondary N) is 1. The Hall–Kier alpha value is -1.87. The zero-order valence-corrected chi connectivity index (χ0v) is 13.1. The topological polar surface area (TPSA) is 34.1 Å². The van der Waals surface area contributed by atoms with Gasteiger partial charge < -0.3 is 10.1 Å². The van der Waals surface area contributed by atoms with Gasteiger partial charge in [0.15, 0.2) is 0 Å². The standard InChI is InChI=1S/C18H24N2O/c1-18(2,3)15-7-9-17(10-8-15)21-13-12-19-14-16-6-4-5-11-20-16/h4-11,19H,12-14H2,1-3H3. The zero-order valence-electron chi connectivity index (χ0n) is 13.1. The summed E-state index contributed by atoms with van der Waals surface area (Å²) in [6.45, 7) is 8.87. The number of ether oxygens (including phenoxy) is 1. The van der Waals surface area contributed by atoms with Crippen LogP contribution in [0.2, 0.25) is 0 Å². The van der Waals surface area contributed by atoms with E-state index in [2.05, 4.69) is 43.2 Å². The summed E-state index contributed by atoms with van der Waals surface area (Å²) in [7, 11) is 0. The first kappa shape index (κ1) is 15.5. The molecule has 0 aliphatic rings. The highest BCUT2D eigenvalue weighted by Crippen LogP contribution is 2.24. The number of rotatable bonds is 6. The molecule has 0 fully saturated rings. The largest absolute Gasteiger partial charge is 0.492 e. The Bertz CT molecular complexity index is 529. The third kappa shape index (κ3) is 5.20. The summed E-state index contributed by atoms with van der Waals surface area (Å²) in [5.41, 5.74) is 2.55. The van der Waals surface area contributed by atoms with Crippen LogP contribution in [-0.4, -0.2) is 18.1 Å². The highest BCUT2D eigenvalue weighted by molar-refractivity contribution is 5.31. The molecule has 0 saturated heterocycles. The monoisotopic (exact) mass is 284 g/mol. The number of pyridine rings is 1. The van der Waals surface area contributed by atoms with E-state index in [1.807, 2.05) is 36.5 Å². The summed E-state index contributed by atoms with van der Waals surface area (Å²) in [6, 6.07) is 14.3. The predicted molar refractivity (Wildman–Crippen MR) is 86.6 cm³/mol. The van der Waals surface area contributed by atoms with Crippen LogP contribution in [0, 0.1) is 0 Å². The average molecular weight is 284 g/mol. The minimum Gasteiger partial charge on any atom is -0.492 e. The van der Waals surface area contributed by atoms with Gasteiger partial charge in [0, 0.05) is 19.3 Å². The van der Waals surface area contributed by atoms with Crippen LogP contribution in [0.1, 0.15) is 32.0 Å². The maximum atomic E-state index is 5.73. The van der Waals surface area contributed by atoms with Crippen molar-refractivity contribution in [3.8, 4) is 5.75 Å².